The van der Waals surface area contributed by atoms with Crippen molar-refractivity contribution >= 4 is 45.3 Å². The van der Waals surface area contributed by atoms with Gasteiger partial charge in [-0.3, -0.25) is 4.79 Å². The number of carbonyl (C=O) groups excluding carboxylic acids is 3. The molecular formula is C32H43N5O7S. The number of anilines is 1. The summed E-state index contributed by atoms with van der Waals surface area (Å²) in [5.74, 6) is -0.0987. The highest BCUT2D eigenvalue weighted by Crippen LogP contribution is 2.35. The third-order valence-corrected chi connectivity index (χ3v) is 7.85. The van der Waals surface area contributed by atoms with E-state index in [1.54, 1.807) is 27.9 Å². The third-order valence-electron chi connectivity index (χ3n) is 7.08. The number of thiazole rings is 1. The summed E-state index contributed by atoms with van der Waals surface area (Å²) in [7, 11) is 2.87. The first-order chi connectivity index (χ1) is 21.2. The van der Waals surface area contributed by atoms with Gasteiger partial charge in [-0.1, -0.05) is 13.8 Å². The molecule has 13 heteroatoms. The first-order valence-corrected chi connectivity index (χ1v) is 15.8. The minimum absolute atomic E-state index is 0.103. The fourth-order valence-electron chi connectivity index (χ4n) is 5.03. The van der Waals surface area contributed by atoms with Crippen LogP contribution < -0.4 is 20.1 Å². The molecule has 2 N–H and O–H groups in total. The zero-order valence-corrected chi connectivity index (χ0v) is 28.1. The van der Waals surface area contributed by atoms with Crippen LogP contribution in [0.2, 0.25) is 0 Å². The number of nitrogens with one attached hydrogen (secondary N) is 2. The van der Waals surface area contributed by atoms with E-state index in [4.69, 9.17) is 28.9 Å². The second-order valence-electron chi connectivity index (χ2n) is 12.6. The quantitative estimate of drug-likeness (QED) is 0.282. The number of fused-ring (bicyclic) bond motifs is 1. The molecule has 3 aromatic rings. The molecule has 45 heavy (non-hydrogen) atoms. The van der Waals surface area contributed by atoms with E-state index in [-0.39, 0.29) is 24.9 Å². The summed E-state index contributed by atoms with van der Waals surface area (Å²) in [6, 6.07) is 5.73. The van der Waals surface area contributed by atoms with Crippen LogP contribution in [-0.2, 0) is 19.1 Å². The van der Waals surface area contributed by atoms with Gasteiger partial charge in [0, 0.05) is 35.4 Å². The van der Waals surface area contributed by atoms with Crippen molar-refractivity contribution < 1.29 is 33.3 Å². The molecule has 1 aliphatic heterocycles. The van der Waals surface area contributed by atoms with Gasteiger partial charge in [-0.05, 0) is 52.7 Å². The molecule has 4 rings (SSSR count). The number of benzene rings is 1. The van der Waals surface area contributed by atoms with Gasteiger partial charge >= 0.3 is 12.1 Å². The summed E-state index contributed by atoms with van der Waals surface area (Å²) in [6.07, 6.45) is -1.07. The van der Waals surface area contributed by atoms with E-state index in [1.807, 2.05) is 57.3 Å². The fraction of sp³-hybridized carbons (Fsp3) is 0.531. The molecule has 2 aromatic heterocycles. The zero-order chi connectivity index (χ0) is 33.1. The zero-order valence-electron chi connectivity index (χ0n) is 27.3. The average molecular weight is 642 g/mol. The number of esters is 1. The van der Waals surface area contributed by atoms with Crippen molar-refractivity contribution in [3.63, 3.8) is 0 Å². The normalized spacial score (nSPS) is 17.4. The standard InChI is InChI=1S/C32H43N5O7S/c1-17(2)27(36-31(40)44-32(5,6)7)28(38)37-15-20(13-25(37)29(39)42-9)43-26-14-23(24-16-45-30(35-24)33-18(3)4)34-22-12-19(41-8)10-11-21(22)26/h10-12,14,16-18,20,25,27H,13,15H2,1-9H3,(H,33,35)(H,36,40)/t20-,25?,27+/m1/s1. The van der Waals surface area contributed by atoms with Crippen LogP contribution in [0.1, 0.15) is 54.9 Å². The van der Waals surface area contributed by atoms with Crippen LogP contribution in [-0.4, -0.2) is 83.4 Å². The minimum atomic E-state index is -0.926. The van der Waals surface area contributed by atoms with Crippen LogP contribution in [0.5, 0.6) is 11.5 Å². The SMILES string of the molecule is COC(=O)C1C[C@@H](Oc2cc(-c3csc(NC(C)C)n3)nc3cc(OC)ccc23)CN1C(=O)[C@@H](NC(=O)OC(C)(C)C)C(C)C. The lowest BCUT2D eigenvalue weighted by atomic mass is 10.0. The number of rotatable bonds is 10. The Morgan fingerprint density at radius 3 is 2.40 bits per heavy atom. The highest BCUT2D eigenvalue weighted by molar-refractivity contribution is 7.14. The van der Waals surface area contributed by atoms with Gasteiger partial charge in [0.15, 0.2) is 5.13 Å². The molecule has 1 aromatic carbocycles. The molecule has 3 heterocycles. The Bertz CT molecular complexity index is 1530. The molecular weight excluding hydrogens is 598 g/mol. The summed E-state index contributed by atoms with van der Waals surface area (Å²) in [6.45, 7) is 13.1. The molecule has 1 saturated heterocycles. The van der Waals surface area contributed by atoms with Crippen LogP contribution in [0, 0.1) is 5.92 Å². The van der Waals surface area contributed by atoms with Crippen molar-refractivity contribution in [3.8, 4) is 22.9 Å². The number of pyridine rings is 1. The molecule has 1 aliphatic rings. The van der Waals surface area contributed by atoms with E-state index in [2.05, 4.69) is 10.6 Å². The maximum absolute atomic E-state index is 13.9. The molecule has 0 spiro atoms. The lowest BCUT2D eigenvalue weighted by Gasteiger charge is -2.30. The van der Waals surface area contributed by atoms with E-state index in [9.17, 15) is 14.4 Å². The van der Waals surface area contributed by atoms with Crippen molar-refractivity contribution in [2.45, 2.75) is 84.7 Å². The van der Waals surface area contributed by atoms with E-state index in [0.717, 1.165) is 10.5 Å². The first-order valence-electron chi connectivity index (χ1n) is 14.9. The van der Waals surface area contributed by atoms with Gasteiger partial charge in [0.05, 0.1) is 32.0 Å². The average Bonchev–Trinajstić information content (AvgIpc) is 3.60. The predicted octanol–water partition coefficient (Wildman–Crippen LogP) is 5.26. The summed E-state index contributed by atoms with van der Waals surface area (Å²) in [4.78, 5) is 50.4. The van der Waals surface area contributed by atoms with Gasteiger partial charge in [0.2, 0.25) is 5.91 Å². The summed E-state index contributed by atoms with van der Waals surface area (Å²) in [5, 5.41) is 9.44. The summed E-state index contributed by atoms with van der Waals surface area (Å²) in [5.41, 5.74) is 1.19. The number of ether oxygens (including phenoxy) is 4. The Morgan fingerprint density at radius 2 is 1.78 bits per heavy atom. The van der Waals surface area contributed by atoms with Gasteiger partial charge in [0.1, 0.15) is 41.0 Å². The highest BCUT2D eigenvalue weighted by atomic mass is 32.1. The number of carbonyl (C=O) groups is 3. The second-order valence-corrected chi connectivity index (χ2v) is 13.5. The Balaban J connectivity index is 1.65. The van der Waals surface area contributed by atoms with Crippen molar-refractivity contribution in [3.05, 3.63) is 29.6 Å². The van der Waals surface area contributed by atoms with Gasteiger partial charge in [-0.2, -0.15) is 0 Å². The van der Waals surface area contributed by atoms with Gasteiger partial charge in [-0.15, -0.1) is 11.3 Å². The Labute approximate surface area is 267 Å². The number of amides is 2. The van der Waals surface area contributed by atoms with Crippen molar-refractivity contribution in [2.24, 2.45) is 5.92 Å². The van der Waals surface area contributed by atoms with Crippen molar-refractivity contribution in [2.75, 3.05) is 26.1 Å². The first kappa shape index (κ1) is 33.8. The molecule has 244 valence electrons. The van der Waals surface area contributed by atoms with Crippen molar-refractivity contribution in [1.29, 1.82) is 0 Å². The van der Waals surface area contributed by atoms with Gasteiger partial charge < -0.3 is 34.5 Å². The minimum Gasteiger partial charge on any atom is -0.497 e. The largest absolute Gasteiger partial charge is 0.497 e. The van der Waals surface area contributed by atoms with E-state index in [0.29, 0.717) is 28.4 Å². The number of hydrogen-bond acceptors (Lipinski definition) is 11. The summed E-state index contributed by atoms with van der Waals surface area (Å²) >= 11 is 1.48. The second kappa shape index (κ2) is 13.9. The molecule has 2 amide bonds. The smallest absolute Gasteiger partial charge is 0.408 e. The molecule has 0 bridgehead atoms. The third kappa shape index (κ3) is 8.33. The molecule has 1 unspecified atom stereocenters. The van der Waals surface area contributed by atoms with E-state index >= 15 is 0 Å². The number of likely N-dealkylation sites (tertiary alicyclic amines) is 1. The lowest BCUT2D eigenvalue weighted by molar-refractivity contribution is -0.152. The van der Waals surface area contributed by atoms with Crippen molar-refractivity contribution in [1.82, 2.24) is 20.2 Å². The Morgan fingerprint density at radius 1 is 1.04 bits per heavy atom. The van der Waals surface area contributed by atoms with Crippen LogP contribution >= 0.6 is 11.3 Å². The molecule has 0 radical (unpaired) electrons. The Kier molecular flexibility index (Phi) is 10.4. The number of hydrogen-bond donors (Lipinski definition) is 2. The van der Waals surface area contributed by atoms with Crippen LogP contribution in [0.3, 0.4) is 0 Å². The van der Waals surface area contributed by atoms with E-state index < -0.39 is 41.8 Å². The van der Waals surface area contributed by atoms with Crippen LogP contribution in [0.15, 0.2) is 29.6 Å². The molecule has 0 aliphatic carbocycles. The monoisotopic (exact) mass is 641 g/mol. The maximum Gasteiger partial charge on any atom is 0.408 e. The summed E-state index contributed by atoms with van der Waals surface area (Å²) < 4.78 is 22.4. The maximum atomic E-state index is 13.9. The molecule has 12 nitrogen and oxygen atoms in total. The Hall–Kier alpha value is -4.13. The number of nitrogens with zero attached hydrogens (tertiary/aromatic N) is 3. The molecule has 1 fully saturated rings. The number of alkyl carbamates (subject to hydrolysis) is 1. The fourth-order valence-corrected chi connectivity index (χ4v) is 5.88. The van der Waals surface area contributed by atoms with Gasteiger partial charge in [-0.25, -0.2) is 19.6 Å². The van der Waals surface area contributed by atoms with Crippen LogP contribution in [0.25, 0.3) is 22.3 Å². The predicted molar refractivity (Wildman–Crippen MR) is 173 cm³/mol. The van der Waals surface area contributed by atoms with E-state index in [1.165, 1.54) is 23.3 Å². The lowest BCUT2D eigenvalue weighted by Crippen LogP contribution is -2.54. The van der Waals surface area contributed by atoms with Gasteiger partial charge in [0.25, 0.3) is 0 Å². The molecule has 3 atom stereocenters. The highest BCUT2D eigenvalue weighted by Gasteiger charge is 2.44. The number of aromatic nitrogens is 2. The molecule has 0 saturated carbocycles. The van der Waals surface area contributed by atoms with Crippen LogP contribution in [0.4, 0.5) is 9.93 Å². The number of methoxy groups -OCH3 is 2. The topological polar surface area (TPSA) is 141 Å².